The van der Waals surface area contributed by atoms with Gasteiger partial charge in [0, 0.05) is 11.3 Å². The van der Waals surface area contributed by atoms with E-state index in [1.165, 1.54) is 22.3 Å². The lowest BCUT2D eigenvalue weighted by Gasteiger charge is -2.13. The van der Waals surface area contributed by atoms with Gasteiger partial charge in [0.1, 0.15) is 0 Å². The third-order valence-electron chi connectivity index (χ3n) is 6.44. The molecule has 0 spiro atoms. The summed E-state index contributed by atoms with van der Waals surface area (Å²) in [5.41, 5.74) is 10.7. The van der Waals surface area contributed by atoms with Crippen LogP contribution < -0.4 is 0 Å². The first-order chi connectivity index (χ1) is 18.3. The van der Waals surface area contributed by atoms with Gasteiger partial charge < -0.3 is 0 Å². The Bertz CT molecular complexity index is 1440. The van der Waals surface area contributed by atoms with Crippen molar-refractivity contribution in [1.29, 1.82) is 0 Å². The fourth-order valence-electron chi connectivity index (χ4n) is 4.12. The Balaban J connectivity index is 2.12. The number of hydrogen-bond donors (Lipinski definition) is 0. The predicted octanol–water partition coefficient (Wildman–Crippen LogP) is 9.88. The topological polar surface area (TPSA) is 24.7 Å². The maximum atomic E-state index is 5.00. The monoisotopic (exact) mass is 498 g/mol. The summed E-state index contributed by atoms with van der Waals surface area (Å²) in [7, 11) is 0. The SMILES string of the molecule is C=C(N=C(N=C(C)c1ccccc1)c1cccc(/C(C)=C(/C)C(/C=C\C=C/C)=C(C)C)c1)c1ccccc1. The standard InChI is InChI=1S/C36H38N2/c1-8-9-12-24-35(26(2)3)28(5)27(4)33-22-17-23-34(25-33)36(37-29(6)31-18-13-10-14-19-31)38-30(7)32-20-15-11-16-21-32/h8-25H,6H2,1-5,7H3/b9-8-,24-12-,28-27-,37-36?,38-30?. The van der Waals surface area contributed by atoms with Gasteiger partial charge in [0.2, 0.25) is 0 Å². The molecule has 0 atom stereocenters. The van der Waals surface area contributed by atoms with Gasteiger partial charge >= 0.3 is 0 Å². The number of nitrogens with zero attached hydrogens (tertiary/aromatic N) is 2. The van der Waals surface area contributed by atoms with Crippen molar-refractivity contribution < 1.29 is 0 Å². The second-order valence-corrected chi connectivity index (χ2v) is 9.44. The van der Waals surface area contributed by atoms with Crippen molar-refractivity contribution in [2.45, 2.75) is 41.5 Å². The maximum Gasteiger partial charge on any atom is 0.160 e. The number of amidine groups is 1. The highest BCUT2D eigenvalue weighted by molar-refractivity contribution is 6.12. The Morgan fingerprint density at radius 2 is 1.24 bits per heavy atom. The van der Waals surface area contributed by atoms with Crippen LogP contribution in [0.1, 0.15) is 63.8 Å². The van der Waals surface area contributed by atoms with Crippen LogP contribution in [0.25, 0.3) is 11.3 Å². The second kappa shape index (κ2) is 13.9. The summed E-state index contributed by atoms with van der Waals surface area (Å²) < 4.78 is 0. The van der Waals surface area contributed by atoms with E-state index in [1.807, 2.05) is 68.5 Å². The molecule has 0 aromatic heterocycles. The second-order valence-electron chi connectivity index (χ2n) is 9.44. The fourth-order valence-corrected chi connectivity index (χ4v) is 4.12. The third kappa shape index (κ3) is 7.60. The zero-order valence-electron chi connectivity index (χ0n) is 23.5. The molecule has 192 valence electrons. The number of aliphatic imine (C=N–C) groups is 2. The summed E-state index contributed by atoms with van der Waals surface area (Å²) in [5.74, 6) is 0.642. The normalized spacial score (nSPS) is 13.1. The first-order valence-electron chi connectivity index (χ1n) is 13.0. The molecule has 0 fully saturated rings. The Labute approximate surface area is 228 Å². The summed E-state index contributed by atoms with van der Waals surface area (Å²) in [6, 6.07) is 28.7. The summed E-state index contributed by atoms with van der Waals surface area (Å²) in [4.78, 5) is 9.93. The average molecular weight is 499 g/mol. The van der Waals surface area contributed by atoms with Crippen LogP contribution in [0.15, 0.2) is 143 Å². The van der Waals surface area contributed by atoms with Crippen LogP contribution in [0.4, 0.5) is 0 Å². The van der Waals surface area contributed by atoms with Crippen LogP contribution in [0.2, 0.25) is 0 Å². The largest absolute Gasteiger partial charge is 0.233 e. The van der Waals surface area contributed by atoms with Gasteiger partial charge in [-0.1, -0.05) is 115 Å². The van der Waals surface area contributed by atoms with Gasteiger partial charge in [0.15, 0.2) is 5.84 Å². The van der Waals surface area contributed by atoms with Crippen molar-refractivity contribution in [2.24, 2.45) is 9.98 Å². The minimum Gasteiger partial charge on any atom is -0.233 e. The van der Waals surface area contributed by atoms with Crippen LogP contribution in [0, 0.1) is 0 Å². The zero-order valence-corrected chi connectivity index (χ0v) is 23.5. The highest BCUT2D eigenvalue weighted by Crippen LogP contribution is 2.27. The summed E-state index contributed by atoms with van der Waals surface area (Å²) >= 11 is 0. The van der Waals surface area contributed by atoms with Crippen molar-refractivity contribution in [3.63, 3.8) is 0 Å². The molecule has 0 saturated carbocycles. The number of benzene rings is 3. The molecule has 38 heavy (non-hydrogen) atoms. The predicted molar refractivity (Wildman–Crippen MR) is 168 cm³/mol. The first kappa shape index (κ1) is 28.3. The summed E-state index contributed by atoms with van der Waals surface area (Å²) in [6.07, 6.45) is 8.37. The molecule has 0 unspecified atom stereocenters. The number of rotatable bonds is 8. The molecule has 0 N–H and O–H groups in total. The van der Waals surface area contributed by atoms with Gasteiger partial charge in [-0.2, -0.15) is 0 Å². The van der Waals surface area contributed by atoms with Crippen LogP contribution in [-0.4, -0.2) is 11.5 Å². The molecule has 0 heterocycles. The maximum absolute atomic E-state index is 5.00. The minimum atomic E-state index is 0.642. The summed E-state index contributed by atoms with van der Waals surface area (Å²) in [6.45, 7) is 17.0. The molecule has 2 nitrogen and oxygen atoms in total. The molecule has 2 heteroatoms. The highest BCUT2D eigenvalue weighted by atomic mass is 14.9. The minimum absolute atomic E-state index is 0.642. The molecule has 0 aliphatic carbocycles. The molecule has 3 aromatic carbocycles. The average Bonchev–Trinajstić information content (AvgIpc) is 2.95. The van der Waals surface area contributed by atoms with E-state index in [1.54, 1.807) is 0 Å². The molecule has 0 aliphatic rings. The lowest BCUT2D eigenvalue weighted by atomic mass is 9.93. The zero-order chi connectivity index (χ0) is 27.5. The Hall–Kier alpha value is -4.30. The van der Waals surface area contributed by atoms with Crippen LogP contribution in [0.3, 0.4) is 0 Å². The summed E-state index contributed by atoms with van der Waals surface area (Å²) in [5, 5.41) is 0. The first-order valence-corrected chi connectivity index (χ1v) is 13.0. The molecule has 0 bridgehead atoms. The van der Waals surface area contributed by atoms with E-state index < -0.39 is 0 Å². The molecule has 0 amide bonds. The van der Waals surface area contributed by atoms with Crippen molar-refractivity contribution in [1.82, 2.24) is 0 Å². The molecular weight excluding hydrogens is 460 g/mol. The van der Waals surface area contributed by atoms with Crippen LogP contribution in [0.5, 0.6) is 0 Å². The Kier molecular flexibility index (Phi) is 10.3. The van der Waals surface area contributed by atoms with E-state index in [4.69, 9.17) is 9.98 Å². The van der Waals surface area contributed by atoms with Crippen molar-refractivity contribution in [3.8, 4) is 0 Å². The molecule has 3 aromatic rings. The van der Waals surface area contributed by atoms with Crippen LogP contribution >= 0.6 is 0 Å². The van der Waals surface area contributed by atoms with E-state index in [9.17, 15) is 0 Å². The molecule has 0 aliphatic heterocycles. The molecule has 3 rings (SSSR count). The van der Waals surface area contributed by atoms with Crippen molar-refractivity contribution in [2.75, 3.05) is 0 Å². The van der Waals surface area contributed by atoms with Gasteiger partial charge in [-0.3, -0.25) is 0 Å². The van der Waals surface area contributed by atoms with Crippen molar-refractivity contribution in [3.05, 3.63) is 155 Å². The van der Waals surface area contributed by atoms with E-state index in [2.05, 4.69) is 88.9 Å². The van der Waals surface area contributed by atoms with Gasteiger partial charge in [0.05, 0.1) is 5.70 Å². The Morgan fingerprint density at radius 1 is 0.658 bits per heavy atom. The number of allylic oxidation sites excluding steroid dienone is 8. The van der Waals surface area contributed by atoms with Gasteiger partial charge in [-0.05, 0) is 81.0 Å². The molecular formula is C36H38N2. The van der Waals surface area contributed by atoms with Gasteiger partial charge in [-0.15, -0.1) is 0 Å². The van der Waals surface area contributed by atoms with E-state index >= 15 is 0 Å². The van der Waals surface area contributed by atoms with Crippen LogP contribution in [-0.2, 0) is 0 Å². The van der Waals surface area contributed by atoms with E-state index in [0.29, 0.717) is 11.5 Å². The molecule has 0 radical (unpaired) electrons. The lowest BCUT2D eigenvalue weighted by molar-refractivity contribution is 1.27. The molecule has 0 saturated heterocycles. The van der Waals surface area contributed by atoms with Gasteiger partial charge in [0.25, 0.3) is 0 Å². The fraction of sp³-hybridized carbons (Fsp3) is 0.167. The van der Waals surface area contributed by atoms with Gasteiger partial charge in [-0.25, -0.2) is 9.98 Å². The van der Waals surface area contributed by atoms with E-state index in [0.717, 1.165) is 28.0 Å². The smallest absolute Gasteiger partial charge is 0.160 e. The third-order valence-corrected chi connectivity index (χ3v) is 6.44. The number of hydrogen-bond acceptors (Lipinski definition) is 1. The van der Waals surface area contributed by atoms with E-state index in [-0.39, 0.29) is 0 Å². The quantitative estimate of drug-likeness (QED) is 0.168. The highest BCUT2D eigenvalue weighted by Gasteiger charge is 2.11. The van der Waals surface area contributed by atoms with Crippen molar-refractivity contribution >= 4 is 22.8 Å². The Morgan fingerprint density at radius 3 is 1.84 bits per heavy atom. The lowest BCUT2D eigenvalue weighted by Crippen LogP contribution is -2.05.